The molecule has 1 rings (SSSR count). The molecule has 0 atom stereocenters. The molecule has 0 aliphatic heterocycles. The van der Waals surface area contributed by atoms with E-state index in [1.807, 2.05) is 13.0 Å². The van der Waals surface area contributed by atoms with Gasteiger partial charge >= 0.3 is 0 Å². The first kappa shape index (κ1) is 10.9. The number of phenols is 1. The second-order valence-electron chi connectivity index (χ2n) is 4.49. The van der Waals surface area contributed by atoms with Gasteiger partial charge in [-0.05, 0) is 30.4 Å². The van der Waals surface area contributed by atoms with Crippen LogP contribution in [-0.2, 0) is 5.41 Å². The third kappa shape index (κ3) is 1.84. The molecule has 0 fully saturated rings. The normalized spacial score (nSPS) is 11.7. The second-order valence-corrected chi connectivity index (χ2v) is 4.49. The van der Waals surface area contributed by atoms with E-state index in [9.17, 15) is 5.11 Å². The number of rotatable bonds is 2. The van der Waals surface area contributed by atoms with Crippen LogP contribution in [0.4, 0.5) is 5.69 Å². The predicted molar refractivity (Wildman–Crippen MR) is 60.6 cm³/mol. The molecule has 78 valence electrons. The minimum Gasteiger partial charge on any atom is -0.505 e. The Kier molecular flexibility index (Phi) is 2.74. The van der Waals surface area contributed by atoms with Crippen LogP contribution in [0.2, 0.25) is 0 Å². The zero-order valence-electron chi connectivity index (χ0n) is 9.39. The van der Waals surface area contributed by atoms with Crippen LogP contribution in [0.5, 0.6) is 5.75 Å². The quantitative estimate of drug-likeness (QED) is 0.560. The molecule has 3 N–H and O–H groups in total. The van der Waals surface area contributed by atoms with Crippen LogP contribution in [-0.4, -0.2) is 5.11 Å². The first-order valence-electron chi connectivity index (χ1n) is 4.98. The van der Waals surface area contributed by atoms with Crippen LogP contribution < -0.4 is 5.73 Å². The van der Waals surface area contributed by atoms with Gasteiger partial charge in [0.1, 0.15) is 5.75 Å². The highest BCUT2D eigenvalue weighted by molar-refractivity contribution is 5.59. The van der Waals surface area contributed by atoms with Crippen molar-refractivity contribution in [3.63, 3.8) is 0 Å². The molecule has 0 aromatic heterocycles. The van der Waals surface area contributed by atoms with E-state index in [2.05, 4.69) is 20.8 Å². The van der Waals surface area contributed by atoms with Crippen molar-refractivity contribution in [3.8, 4) is 5.75 Å². The second kappa shape index (κ2) is 3.52. The van der Waals surface area contributed by atoms with Crippen molar-refractivity contribution in [2.45, 2.75) is 39.5 Å². The summed E-state index contributed by atoms with van der Waals surface area (Å²) in [6.07, 6.45) is 0.976. The average Bonchev–Trinajstić information content (AvgIpc) is 2.11. The number of phenolic OH excluding ortho intramolecular Hbond substituents is 1. The van der Waals surface area contributed by atoms with Crippen LogP contribution in [0, 0.1) is 6.92 Å². The Morgan fingerprint density at radius 2 is 1.93 bits per heavy atom. The van der Waals surface area contributed by atoms with Gasteiger partial charge in [-0.1, -0.05) is 26.8 Å². The van der Waals surface area contributed by atoms with Gasteiger partial charge < -0.3 is 10.8 Å². The summed E-state index contributed by atoms with van der Waals surface area (Å²) < 4.78 is 0. The number of aryl methyl sites for hydroxylation is 1. The van der Waals surface area contributed by atoms with Gasteiger partial charge in [-0.15, -0.1) is 0 Å². The molecule has 0 aliphatic carbocycles. The summed E-state index contributed by atoms with van der Waals surface area (Å²) in [7, 11) is 0. The average molecular weight is 193 g/mol. The molecule has 0 saturated heterocycles. The fourth-order valence-electron chi connectivity index (χ4n) is 1.51. The summed E-state index contributed by atoms with van der Waals surface area (Å²) in [6, 6.07) is 3.81. The summed E-state index contributed by atoms with van der Waals surface area (Å²) in [5.41, 5.74) is 8.21. The third-order valence-corrected chi connectivity index (χ3v) is 2.90. The predicted octanol–water partition coefficient (Wildman–Crippen LogP) is 2.97. The smallest absolute Gasteiger partial charge is 0.142 e. The minimum absolute atomic E-state index is 0.0236. The van der Waals surface area contributed by atoms with Crippen molar-refractivity contribution in [2.24, 2.45) is 0 Å². The lowest BCUT2D eigenvalue weighted by atomic mass is 9.81. The van der Waals surface area contributed by atoms with E-state index in [-0.39, 0.29) is 11.2 Å². The van der Waals surface area contributed by atoms with Crippen molar-refractivity contribution in [2.75, 3.05) is 5.73 Å². The minimum atomic E-state index is -0.0236. The molecule has 1 aromatic carbocycles. The fraction of sp³-hybridized carbons (Fsp3) is 0.500. The summed E-state index contributed by atoms with van der Waals surface area (Å²) in [5.74, 6) is 0.238. The Morgan fingerprint density at radius 1 is 1.36 bits per heavy atom. The van der Waals surface area contributed by atoms with Gasteiger partial charge in [-0.2, -0.15) is 0 Å². The number of nitrogen functional groups attached to an aromatic ring is 1. The molecule has 14 heavy (non-hydrogen) atoms. The molecule has 2 heteroatoms. The largest absolute Gasteiger partial charge is 0.505 e. The Morgan fingerprint density at radius 3 is 2.43 bits per heavy atom. The standard InChI is InChI=1S/C12H19NO/c1-5-12(3,4)9-6-8(2)7-10(13)11(9)14/h6-7,14H,5,13H2,1-4H3. The molecular weight excluding hydrogens is 174 g/mol. The Balaban J connectivity index is 3.34. The number of aromatic hydroxyl groups is 1. The molecule has 0 amide bonds. The lowest BCUT2D eigenvalue weighted by Gasteiger charge is -2.25. The van der Waals surface area contributed by atoms with Crippen molar-refractivity contribution in [3.05, 3.63) is 23.3 Å². The third-order valence-electron chi connectivity index (χ3n) is 2.90. The molecule has 0 unspecified atom stereocenters. The first-order chi connectivity index (χ1) is 6.38. The van der Waals surface area contributed by atoms with Crippen LogP contribution in [0.1, 0.15) is 38.3 Å². The summed E-state index contributed by atoms with van der Waals surface area (Å²) in [5, 5.41) is 9.86. The molecule has 1 aromatic rings. The van der Waals surface area contributed by atoms with Gasteiger partial charge in [-0.3, -0.25) is 0 Å². The number of anilines is 1. The van der Waals surface area contributed by atoms with Crippen LogP contribution in [0.25, 0.3) is 0 Å². The van der Waals surface area contributed by atoms with Crippen LogP contribution >= 0.6 is 0 Å². The fourth-order valence-corrected chi connectivity index (χ4v) is 1.51. The molecule has 0 radical (unpaired) electrons. The molecular formula is C12H19NO. The zero-order chi connectivity index (χ0) is 10.9. The highest BCUT2D eigenvalue weighted by Crippen LogP contribution is 2.37. The van der Waals surface area contributed by atoms with Crippen molar-refractivity contribution >= 4 is 5.69 Å². The van der Waals surface area contributed by atoms with E-state index in [0.717, 1.165) is 17.5 Å². The van der Waals surface area contributed by atoms with Crippen molar-refractivity contribution in [1.82, 2.24) is 0 Å². The number of benzene rings is 1. The maximum atomic E-state index is 9.86. The van der Waals surface area contributed by atoms with Crippen LogP contribution in [0.3, 0.4) is 0 Å². The van der Waals surface area contributed by atoms with Gasteiger partial charge in [0.2, 0.25) is 0 Å². The van der Waals surface area contributed by atoms with Gasteiger partial charge in [0, 0.05) is 5.56 Å². The molecule has 0 heterocycles. The number of hydrogen-bond donors (Lipinski definition) is 2. The number of hydrogen-bond acceptors (Lipinski definition) is 2. The van der Waals surface area contributed by atoms with Crippen molar-refractivity contribution in [1.29, 1.82) is 0 Å². The highest BCUT2D eigenvalue weighted by Gasteiger charge is 2.23. The Labute approximate surface area is 85.8 Å². The molecule has 0 aliphatic rings. The molecule has 0 saturated carbocycles. The number of nitrogens with two attached hydrogens (primary N) is 1. The Bertz CT molecular complexity index is 342. The van der Waals surface area contributed by atoms with E-state index in [0.29, 0.717) is 5.69 Å². The van der Waals surface area contributed by atoms with Gasteiger partial charge in [0.05, 0.1) is 5.69 Å². The summed E-state index contributed by atoms with van der Waals surface area (Å²) in [4.78, 5) is 0. The zero-order valence-corrected chi connectivity index (χ0v) is 9.39. The van der Waals surface area contributed by atoms with Gasteiger partial charge in [0.15, 0.2) is 0 Å². The Hall–Kier alpha value is -1.18. The van der Waals surface area contributed by atoms with Crippen LogP contribution in [0.15, 0.2) is 12.1 Å². The maximum absolute atomic E-state index is 9.86. The maximum Gasteiger partial charge on any atom is 0.142 e. The van der Waals surface area contributed by atoms with E-state index < -0.39 is 0 Å². The summed E-state index contributed by atoms with van der Waals surface area (Å²) in [6.45, 7) is 8.32. The van der Waals surface area contributed by atoms with Gasteiger partial charge in [-0.25, -0.2) is 0 Å². The van der Waals surface area contributed by atoms with E-state index >= 15 is 0 Å². The lowest BCUT2D eigenvalue weighted by Crippen LogP contribution is -2.16. The summed E-state index contributed by atoms with van der Waals surface area (Å²) >= 11 is 0. The molecule has 2 nitrogen and oxygen atoms in total. The first-order valence-corrected chi connectivity index (χ1v) is 4.98. The van der Waals surface area contributed by atoms with E-state index in [4.69, 9.17) is 5.73 Å². The topological polar surface area (TPSA) is 46.2 Å². The lowest BCUT2D eigenvalue weighted by molar-refractivity contribution is 0.430. The molecule has 0 bridgehead atoms. The highest BCUT2D eigenvalue weighted by atomic mass is 16.3. The van der Waals surface area contributed by atoms with Gasteiger partial charge in [0.25, 0.3) is 0 Å². The van der Waals surface area contributed by atoms with E-state index in [1.165, 1.54) is 0 Å². The van der Waals surface area contributed by atoms with Crippen molar-refractivity contribution < 1.29 is 5.11 Å². The molecule has 0 spiro atoms. The monoisotopic (exact) mass is 193 g/mol. The van der Waals surface area contributed by atoms with E-state index in [1.54, 1.807) is 6.07 Å². The SMILES string of the molecule is CCC(C)(C)c1cc(C)cc(N)c1O.